The highest BCUT2D eigenvalue weighted by Gasteiger charge is 2.53. The maximum absolute atomic E-state index is 7.23. The molecule has 0 amide bonds. The number of hydrogen-bond acceptors (Lipinski definition) is 2. The molecule has 4 heteroatoms. The Labute approximate surface area is 290 Å². The number of fused-ring (bicyclic) bond motifs is 13. The third-order valence-electron chi connectivity index (χ3n) is 9.98. The molecule has 0 N–H and O–H groups in total. The van der Waals surface area contributed by atoms with Crippen LogP contribution < -0.4 is 4.90 Å². The summed E-state index contributed by atoms with van der Waals surface area (Å²) in [4.78, 5) is 2.48. The number of para-hydroxylation sites is 1. The zero-order valence-electron chi connectivity index (χ0n) is 25.0. The number of hydrogen-bond donors (Lipinski definition) is 0. The molecule has 0 atom stereocenters. The van der Waals surface area contributed by atoms with Crippen LogP contribution in [0.4, 0.5) is 17.1 Å². The summed E-state index contributed by atoms with van der Waals surface area (Å²) < 4.78 is 3.52. The Morgan fingerprint density at radius 2 is 1.21 bits per heavy atom. The number of rotatable bonds is 2. The van der Waals surface area contributed by atoms with Crippen LogP contribution in [0.1, 0.15) is 22.3 Å². The van der Waals surface area contributed by atoms with Crippen LogP contribution in [0.15, 0.2) is 156 Å². The quantitative estimate of drug-likeness (QED) is 0.173. The van der Waals surface area contributed by atoms with Crippen molar-refractivity contribution >= 4 is 76.1 Å². The van der Waals surface area contributed by atoms with Crippen LogP contribution >= 0.6 is 38.9 Å². The molecular formula is C43H25BrClNS. The van der Waals surface area contributed by atoms with Gasteiger partial charge in [-0.05, 0) is 75.8 Å². The standard InChI is InChI=1S/C43H25BrClNS/c44-34-21-11-23-36-40(34)43(31-19-9-7-17-28(31)29-18-8-10-20-32(29)43)33-25-30(26-13-3-1-4-14-26)42-39(38-35(45)22-12-24-37(38)47-42)41(33)46(36)27-15-5-2-6-16-27/h1-25H. The maximum atomic E-state index is 7.23. The molecule has 0 saturated carbocycles. The first-order valence-corrected chi connectivity index (χ1v) is 17.7. The van der Waals surface area contributed by atoms with Crippen molar-refractivity contribution in [2.75, 3.05) is 4.90 Å². The predicted octanol–water partition coefficient (Wildman–Crippen LogP) is 13.3. The summed E-state index contributed by atoms with van der Waals surface area (Å²) >= 11 is 13.2. The molecule has 1 aromatic heterocycles. The third kappa shape index (κ3) is 3.60. The van der Waals surface area contributed by atoms with Gasteiger partial charge in [-0.3, -0.25) is 0 Å². The van der Waals surface area contributed by atoms with E-state index in [0.717, 1.165) is 26.3 Å². The molecule has 0 radical (unpaired) electrons. The maximum Gasteiger partial charge on any atom is 0.0765 e. The van der Waals surface area contributed by atoms with Crippen molar-refractivity contribution in [2.24, 2.45) is 0 Å². The topological polar surface area (TPSA) is 3.24 Å². The van der Waals surface area contributed by atoms with Gasteiger partial charge in [0.2, 0.25) is 0 Å². The Morgan fingerprint density at radius 3 is 1.94 bits per heavy atom. The Bertz CT molecular complexity index is 2510. The number of anilines is 3. The molecular weight excluding hydrogens is 678 g/mol. The van der Waals surface area contributed by atoms with Crippen LogP contribution in [0.2, 0.25) is 5.02 Å². The van der Waals surface area contributed by atoms with Gasteiger partial charge >= 0.3 is 0 Å². The number of benzene rings is 7. The first kappa shape index (κ1) is 27.4. The Balaban J connectivity index is 1.52. The highest BCUT2D eigenvalue weighted by atomic mass is 79.9. The van der Waals surface area contributed by atoms with E-state index in [9.17, 15) is 0 Å². The van der Waals surface area contributed by atoms with Gasteiger partial charge in [-0.15, -0.1) is 11.3 Å². The van der Waals surface area contributed by atoms with Crippen LogP contribution in [0.3, 0.4) is 0 Å². The first-order chi connectivity index (χ1) is 23.2. The van der Waals surface area contributed by atoms with Crippen molar-refractivity contribution < 1.29 is 0 Å². The highest BCUT2D eigenvalue weighted by molar-refractivity contribution is 9.10. The molecule has 222 valence electrons. The van der Waals surface area contributed by atoms with Gasteiger partial charge < -0.3 is 4.90 Å². The second-order valence-electron chi connectivity index (χ2n) is 12.3. The Morgan fingerprint density at radius 1 is 0.574 bits per heavy atom. The molecule has 2 heterocycles. The van der Waals surface area contributed by atoms with E-state index in [1.807, 2.05) is 17.4 Å². The molecule has 10 rings (SSSR count). The molecule has 0 bridgehead atoms. The molecule has 0 fully saturated rings. The average molecular weight is 703 g/mol. The number of nitrogens with zero attached hydrogens (tertiary/aromatic N) is 1. The van der Waals surface area contributed by atoms with Crippen molar-refractivity contribution in [2.45, 2.75) is 5.41 Å². The van der Waals surface area contributed by atoms with Crippen molar-refractivity contribution in [1.82, 2.24) is 0 Å². The van der Waals surface area contributed by atoms with Gasteiger partial charge in [-0.1, -0.05) is 137 Å². The lowest BCUT2D eigenvalue weighted by molar-refractivity contribution is 0.750. The zero-order valence-corrected chi connectivity index (χ0v) is 28.2. The van der Waals surface area contributed by atoms with Crippen LogP contribution in [0, 0.1) is 0 Å². The van der Waals surface area contributed by atoms with E-state index in [0.29, 0.717) is 0 Å². The average Bonchev–Trinajstić information content (AvgIpc) is 3.65. The lowest BCUT2D eigenvalue weighted by atomic mass is 9.64. The van der Waals surface area contributed by atoms with E-state index in [4.69, 9.17) is 11.6 Å². The fourth-order valence-corrected chi connectivity index (χ4v) is 10.5. The van der Waals surface area contributed by atoms with Gasteiger partial charge in [0.1, 0.15) is 0 Å². The van der Waals surface area contributed by atoms with Gasteiger partial charge in [0.15, 0.2) is 0 Å². The molecule has 1 aliphatic carbocycles. The summed E-state index contributed by atoms with van der Waals surface area (Å²) in [6.07, 6.45) is 0. The van der Waals surface area contributed by atoms with Crippen LogP contribution in [0.5, 0.6) is 0 Å². The van der Waals surface area contributed by atoms with E-state index < -0.39 is 5.41 Å². The third-order valence-corrected chi connectivity index (χ3v) is 12.1. The molecule has 8 aromatic rings. The molecule has 1 aliphatic heterocycles. The van der Waals surface area contributed by atoms with Gasteiger partial charge in [0, 0.05) is 46.5 Å². The summed E-state index contributed by atoms with van der Waals surface area (Å²) in [7, 11) is 0. The van der Waals surface area contributed by atoms with Gasteiger partial charge in [0.05, 0.1) is 16.8 Å². The molecule has 0 unspecified atom stereocenters. The molecule has 47 heavy (non-hydrogen) atoms. The first-order valence-electron chi connectivity index (χ1n) is 15.7. The molecule has 7 aromatic carbocycles. The van der Waals surface area contributed by atoms with E-state index >= 15 is 0 Å². The van der Waals surface area contributed by atoms with Crippen LogP contribution in [-0.4, -0.2) is 0 Å². The van der Waals surface area contributed by atoms with Crippen LogP contribution in [-0.2, 0) is 5.41 Å². The number of halogens is 2. The zero-order chi connectivity index (χ0) is 31.3. The lowest BCUT2D eigenvalue weighted by Crippen LogP contribution is -2.36. The lowest BCUT2D eigenvalue weighted by Gasteiger charge is -2.46. The second-order valence-corrected chi connectivity index (χ2v) is 14.6. The summed E-state index contributed by atoms with van der Waals surface area (Å²) in [5, 5.41) is 3.08. The van der Waals surface area contributed by atoms with Gasteiger partial charge in [-0.25, -0.2) is 0 Å². The largest absolute Gasteiger partial charge is 0.309 e. The monoisotopic (exact) mass is 701 g/mol. The van der Waals surface area contributed by atoms with E-state index in [-0.39, 0.29) is 0 Å². The summed E-state index contributed by atoms with van der Waals surface area (Å²) in [5.74, 6) is 0. The van der Waals surface area contributed by atoms with Crippen molar-refractivity contribution in [3.63, 3.8) is 0 Å². The Hall–Kier alpha value is -4.67. The summed E-state index contributed by atoms with van der Waals surface area (Å²) in [6.45, 7) is 0. The van der Waals surface area contributed by atoms with Crippen LogP contribution in [0.25, 0.3) is 42.4 Å². The molecule has 1 nitrogen and oxygen atoms in total. The van der Waals surface area contributed by atoms with E-state index in [2.05, 4.69) is 166 Å². The van der Waals surface area contributed by atoms with Crippen molar-refractivity contribution in [1.29, 1.82) is 0 Å². The Kier molecular flexibility index (Phi) is 5.93. The minimum absolute atomic E-state index is 0.587. The van der Waals surface area contributed by atoms with Gasteiger partial charge in [-0.2, -0.15) is 0 Å². The summed E-state index contributed by atoms with van der Waals surface area (Å²) in [5.41, 5.74) is 12.9. The number of thiophene rings is 1. The van der Waals surface area contributed by atoms with Crippen molar-refractivity contribution in [3.05, 3.63) is 183 Å². The second kappa shape index (κ2) is 10.2. The van der Waals surface area contributed by atoms with E-state index in [1.165, 1.54) is 65.0 Å². The molecule has 2 aliphatic rings. The SMILES string of the molecule is Clc1cccc2sc3c(-c4ccccc4)cc4c(c3c12)N(c1ccccc1)c1cccc(Br)c1C41c2ccccc2-c2ccccc21. The normalized spacial score (nSPS) is 13.9. The molecule has 1 spiro atoms. The van der Waals surface area contributed by atoms with Crippen molar-refractivity contribution in [3.8, 4) is 22.3 Å². The minimum Gasteiger partial charge on any atom is -0.309 e. The van der Waals surface area contributed by atoms with E-state index in [1.54, 1.807) is 0 Å². The smallest absolute Gasteiger partial charge is 0.0765 e. The minimum atomic E-state index is -0.587. The summed E-state index contributed by atoms with van der Waals surface area (Å²) in [6, 6.07) is 55.1. The van der Waals surface area contributed by atoms with Gasteiger partial charge in [0.25, 0.3) is 0 Å². The molecule has 0 saturated heterocycles. The predicted molar refractivity (Wildman–Crippen MR) is 203 cm³/mol. The fraction of sp³-hybridized carbons (Fsp3) is 0.0233. The fourth-order valence-electron chi connectivity index (χ4n) is 8.25. The highest BCUT2D eigenvalue weighted by Crippen LogP contribution is 2.67.